The Morgan fingerprint density at radius 1 is 1.70 bits per heavy atom. The van der Waals surface area contributed by atoms with E-state index in [4.69, 9.17) is 0 Å². The fraction of sp³-hybridized carbons (Fsp3) is 0.500. The number of hydrogen-bond donors (Lipinski definition) is 1. The van der Waals surface area contributed by atoms with Crippen LogP contribution in [0.3, 0.4) is 0 Å². The summed E-state index contributed by atoms with van der Waals surface area (Å²) in [5.74, 6) is -0.410. The zero-order chi connectivity index (χ0) is 7.82. The number of carbonyl (C=O) groups excluding carboxylic acids is 1. The maximum absolute atomic E-state index is 10.4. The van der Waals surface area contributed by atoms with Crippen molar-refractivity contribution in [3.8, 4) is 0 Å². The van der Waals surface area contributed by atoms with E-state index >= 15 is 0 Å². The summed E-state index contributed by atoms with van der Waals surface area (Å²) in [6, 6.07) is 0. The molecule has 0 aliphatic carbocycles. The first-order valence-electron chi connectivity index (χ1n) is 2.93. The van der Waals surface area contributed by atoms with Gasteiger partial charge in [0.05, 0.1) is 13.7 Å². The highest BCUT2D eigenvalue weighted by atomic mass is 16.6. The highest BCUT2D eigenvalue weighted by molar-refractivity contribution is 5.81. The van der Waals surface area contributed by atoms with Crippen molar-refractivity contribution in [2.75, 3.05) is 13.7 Å². The molecule has 0 heterocycles. The molecule has 0 bridgehead atoms. The first-order chi connectivity index (χ1) is 4.81. The third-order valence-corrected chi connectivity index (χ3v) is 0.716. The largest absolute Gasteiger partial charge is 0.466 e. The SMILES string of the molecule is CCON/C=C/C(=O)OC. The predicted molar refractivity (Wildman–Crippen MR) is 35.9 cm³/mol. The van der Waals surface area contributed by atoms with E-state index in [1.54, 1.807) is 0 Å². The van der Waals surface area contributed by atoms with E-state index in [9.17, 15) is 4.79 Å². The van der Waals surface area contributed by atoms with Gasteiger partial charge in [0, 0.05) is 12.3 Å². The van der Waals surface area contributed by atoms with Crippen molar-refractivity contribution in [2.24, 2.45) is 0 Å². The number of esters is 1. The second-order valence-electron chi connectivity index (χ2n) is 1.41. The molecule has 0 rings (SSSR count). The molecule has 0 atom stereocenters. The van der Waals surface area contributed by atoms with Gasteiger partial charge in [0.15, 0.2) is 0 Å². The summed E-state index contributed by atoms with van der Waals surface area (Å²) in [6.45, 7) is 2.38. The molecule has 0 aliphatic heterocycles. The zero-order valence-corrected chi connectivity index (χ0v) is 6.09. The topological polar surface area (TPSA) is 47.6 Å². The normalized spacial score (nSPS) is 9.80. The van der Waals surface area contributed by atoms with E-state index in [2.05, 4.69) is 15.1 Å². The van der Waals surface area contributed by atoms with E-state index in [1.807, 2.05) is 6.92 Å². The van der Waals surface area contributed by atoms with Crippen molar-refractivity contribution in [3.63, 3.8) is 0 Å². The number of nitrogens with one attached hydrogen (secondary N) is 1. The zero-order valence-electron chi connectivity index (χ0n) is 6.09. The van der Waals surface area contributed by atoms with Crippen LogP contribution in [-0.2, 0) is 14.4 Å². The molecule has 0 saturated heterocycles. The van der Waals surface area contributed by atoms with E-state index in [-0.39, 0.29) is 0 Å². The minimum Gasteiger partial charge on any atom is -0.466 e. The smallest absolute Gasteiger partial charge is 0.332 e. The molecule has 0 aromatic heterocycles. The molecule has 1 N–H and O–H groups in total. The van der Waals surface area contributed by atoms with Gasteiger partial charge in [-0.2, -0.15) is 0 Å². The van der Waals surface area contributed by atoms with Crippen LogP contribution >= 0.6 is 0 Å². The molecule has 0 radical (unpaired) electrons. The van der Waals surface area contributed by atoms with Crippen LogP contribution in [-0.4, -0.2) is 19.7 Å². The van der Waals surface area contributed by atoms with Crippen LogP contribution in [0.2, 0.25) is 0 Å². The van der Waals surface area contributed by atoms with E-state index in [0.717, 1.165) is 0 Å². The molecule has 10 heavy (non-hydrogen) atoms. The van der Waals surface area contributed by atoms with E-state index in [1.165, 1.54) is 19.4 Å². The van der Waals surface area contributed by atoms with Gasteiger partial charge in [0.1, 0.15) is 0 Å². The van der Waals surface area contributed by atoms with Gasteiger partial charge in [-0.3, -0.25) is 10.3 Å². The molecule has 0 aromatic carbocycles. The van der Waals surface area contributed by atoms with Gasteiger partial charge in [0.25, 0.3) is 0 Å². The Bertz CT molecular complexity index is 122. The Morgan fingerprint density at radius 2 is 2.40 bits per heavy atom. The van der Waals surface area contributed by atoms with Crippen LogP contribution in [0.25, 0.3) is 0 Å². The molecule has 0 aliphatic rings. The maximum Gasteiger partial charge on any atom is 0.332 e. The van der Waals surface area contributed by atoms with Crippen LogP contribution in [0.1, 0.15) is 6.92 Å². The molecular weight excluding hydrogens is 134 g/mol. The minimum atomic E-state index is -0.410. The molecular formula is C6H11NO3. The molecule has 0 spiro atoms. The third kappa shape index (κ3) is 5.11. The summed E-state index contributed by atoms with van der Waals surface area (Å²) in [4.78, 5) is 15.1. The van der Waals surface area contributed by atoms with Crippen molar-refractivity contribution >= 4 is 5.97 Å². The van der Waals surface area contributed by atoms with Crippen molar-refractivity contribution in [3.05, 3.63) is 12.3 Å². The van der Waals surface area contributed by atoms with Crippen LogP contribution in [0.4, 0.5) is 0 Å². The van der Waals surface area contributed by atoms with Crippen LogP contribution in [0.5, 0.6) is 0 Å². The first-order valence-corrected chi connectivity index (χ1v) is 2.93. The van der Waals surface area contributed by atoms with Crippen LogP contribution in [0.15, 0.2) is 12.3 Å². The summed E-state index contributed by atoms with van der Waals surface area (Å²) in [5.41, 5.74) is 2.42. The number of carbonyl (C=O) groups is 1. The Morgan fingerprint density at radius 3 is 2.90 bits per heavy atom. The monoisotopic (exact) mass is 145 g/mol. The molecule has 0 unspecified atom stereocenters. The van der Waals surface area contributed by atoms with Gasteiger partial charge in [-0.15, -0.1) is 0 Å². The quantitative estimate of drug-likeness (QED) is 0.266. The fourth-order valence-electron chi connectivity index (χ4n) is 0.302. The Labute approximate surface area is 59.8 Å². The molecule has 58 valence electrons. The van der Waals surface area contributed by atoms with Crippen molar-refractivity contribution < 1.29 is 14.4 Å². The van der Waals surface area contributed by atoms with Crippen molar-refractivity contribution in [1.29, 1.82) is 0 Å². The second kappa shape index (κ2) is 6.10. The first kappa shape index (κ1) is 8.97. The lowest BCUT2D eigenvalue weighted by Crippen LogP contribution is -2.06. The third-order valence-electron chi connectivity index (χ3n) is 0.716. The standard InChI is InChI=1S/C6H11NO3/c1-3-10-7-5-4-6(8)9-2/h4-5,7H,3H2,1-2H3/b5-4+. The van der Waals surface area contributed by atoms with Gasteiger partial charge in [0.2, 0.25) is 0 Å². The van der Waals surface area contributed by atoms with Crippen molar-refractivity contribution in [1.82, 2.24) is 5.48 Å². The summed E-state index contributed by atoms with van der Waals surface area (Å²) in [6.07, 6.45) is 2.60. The van der Waals surface area contributed by atoms with E-state index < -0.39 is 5.97 Å². The number of rotatable bonds is 4. The van der Waals surface area contributed by atoms with Crippen LogP contribution < -0.4 is 5.48 Å². The maximum atomic E-state index is 10.4. The lowest BCUT2D eigenvalue weighted by atomic mass is 10.6. The molecule has 4 heteroatoms. The average molecular weight is 145 g/mol. The highest BCUT2D eigenvalue weighted by Crippen LogP contribution is 1.74. The minimum absolute atomic E-state index is 0.410. The lowest BCUT2D eigenvalue weighted by molar-refractivity contribution is -0.134. The van der Waals surface area contributed by atoms with Gasteiger partial charge in [-0.1, -0.05) is 0 Å². The summed E-state index contributed by atoms with van der Waals surface area (Å²) in [5, 5.41) is 0. The van der Waals surface area contributed by atoms with Gasteiger partial charge in [-0.05, 0) is 6.92 Å². The molecule has 0 fully saturated rings. The predicted octanol–water partition coefficient (Wildman–Crippen LogP) is 0.214. The van der Waals surface area contributed by atoms with Crippen molar-refractivity contribution in [2.45, 2.75) is 6.92 Å². The average Bonchev–Trinajstić information content (AvgIpc) is 1.98. The van der Waals surface area contributed by atoms with Gasteiger partial charge in [-0.25, -0.2) is 4.79 Å². The Hall–Kier alpha value is -1.03. The summed E-state index contributed by atoms with van der Waals surface area (Å²) in [7, 11) is 1.31. The summed E-state index contributed by atoms with van der Waals surface area (Å²) >= 11 is 0. The molecule has 4 nitrogen and oxygen atoms in total. The van der Waals surface area contributed by atoms with Gasteiger partial charge < -0.3 is 4.74 Å². The lowest BCUT2D eigenvalue weighted by Gasteiger charge is -1.95. The molecule has 0 saturated carbocycles. The number of hydrogen-bond acceptors (Lipinski definition) is 4. The molecule has 0 amide bonds. The fourth-order valence-corrected chi connectivity index (χ4v) is 0.302. The van der Waals surface area contributed by atoms with Gasteiger partial charge >= 0.3 is 5.97 Å². The second-order valence-corrected chi connectivity index (χ2v) is 1.41. The molecule has 0 aromatic rings. The number of ether oxygens (including phenoxy) is 1. The number of methoxy groups -OCH3 is 1. The number of hydroxylamine groups is 1. The Balaban J connectivity index is 3.27. The Kier molecular flexibility index (Phi) is 5.47. The summed E-state index contributed by atoms with van der Waals surface area (Å²) < 4.78 is 4.31. The van der Waals surface area contributed by atoms with E-state index in [0.29, 0.717) is 6.61 Å². The highest BCUT2D eigenvalue weighted by Gasteiger charge is 1.87. The van der Waals surface area contributed by atoms with Crippen LogP contribution in [0, 0.1) is 0 Å².